The van der Waals surface area contributed by atoms with Crippen molar-refractivity contribution in [2.24, 2.45) is 5.41 Å². The van der Waals surface area contributed by atoms with Crippen molar-refractivity contribution in [2.75, 3.05) is 54.0 Å². The number of nitrogens with zero attached hydrogens (tertiary/aromatic N) is 2. The molecule has 90 valence electrons. The van der Waals surface area contributed by atoms with E-state index < -0.39 is 0 Å². The number of likely N-dealkylation sites (N-methyl/N-ethyl adjacent to an activating group) is 1. The van der Waals surface area contributed by atoms with E-state index in [0.29, 0.717) is 5.41 Å². The zero-order valence-electron chi connectivity index (χ0n) is 10.8. The second-order valence-electron chi connectivity index (χ2n) is 5.34. The monoisotopic (exact) mass is 214 g/mol. The summed E-state index contributed by atoms with van der Waals surface area (Å²) < 4.78 is 5.10. The van der Waals surface area contributed by atoms with Gasteiger partial charge in [-0.25, -0.2) is 0 Å². The van der Waals surface area contributed by atoms with Gasteiger partial charge in [-0.1, -0.05) is 6.92 Å². The fraction of sp³-hybridized carbons (Fsp3) is 1.00. The fourth-order valence-electron chi connectivity index (χ4n) is 2.29. The van der Waals surface area contributed by atoms with Gasteiger partial charge in [-0.05, 0) is 45.4 Å². The van der Waals surface area contributed by atoms with Crippen molar-refractivity contribution < 1.29 is 4.74 Å². The van der Waals surface area contributed by atoms with Crippen LogP contribution in [0.4, 0.5) is 0 Å². The number of ether oxygens (including phenoxy) is 1. The third-order valence-corrected chi connectivity index (χ3v) is 3.52. The van der Waals surface area contributed by atoms with Crippen molar-refractivity contribution in [1.29, 1.82) is 0 Å². The lowest BCUT2D eigenvalue weighted by Gasteiger charge is -2.40. The summed E-state index contributed by atoms with van der Waals surface area (Å²) in [5.74, 6) is 0. The first-order valence-corrected chi connectivity index (χ1v) is 5.92. The average molecular weight is 214 g/mol. The lowest BCUT2D eigenvalue weighted by Crippen LogP contribution is -2.43. The molecule has 0 unspecified atom stereocenters. The third kappa shape index (κ3) is 4.49. The zero-order valence-corrected chi connectivity index (χ0v) is 10.8. The molecule has 0 aromatic heterocycles. The molecule has 0 radical (unpaired) electrons. The van der Waals surface area contributed by atoms with Crippen molar-refractivity contribution in [3.63, 3.8) is 0 Å². The van der Waals surface area contributed by atoms with Crippen LogP contribution >= 0.6 is 0 Å². The van der Waals surface area contributed by atoms with E-state index in [1.165, 1.54) is 32.5 Å². The van der Waals surface area contributed by atoms with E-state index in [1.54, 1.807) is 7.11 Å². The maximum atomic E-state index is 5.10. The molecule has 0 N–H and O–H groups in total. The van der Waals surface area contributed by atoms with Gasteiger partial charge in [-0.2, -0.15) is 0 Å². The number of hydrogen-bond acceptors (Lipinski definition) is 3. The lowest BCUT2D eigenvalue weighted by molar-refractivity contribution is 0.0824. The van der Waals surface area contributed by atoms with Crippen LogP contribution in [-0.4, -0.2) is 63.8 Å². The van der Waals surface area contributed by atoms with Crippen LogP contribution in [-0.2, 0) is 4.74 Å². The summed E-state index contributed by atoms with van der Waals surface area (Å²) in [7, 11) is 6.18. The third-order valence-electron chi connectivity index (χ3n) is 3.52. The van der Waals surface area contributed by atoms with Crippen molar-refractivity contribution in [3.05, 3.63) is 0 Å². The molecule has 15 heavy (non-hydrogen) atoms. The smallest absolute Gasteiger partial charge is 0.0589 e. The maximum absolute atomic E-state index is 5.10. The average Bonchev–Trinajstić information content (AvgIpc) is 2.20. The van der Waals surface area contributed by atoms with Crippen LogP contribution in [0, 0.1) is 5.41 Å². The number of hydrogen-bond donors (Lipinski definition) is 0. The Hall–Kier alpha value is -0.120. The highest BCUT2D eigenvalue weighted by atomic mass is 16.5. The molecule has 1 rings (SSSR count). The van der Waals surface area contributed by atoms with Crippen LogP contribution in [0.2, 0.25) is 0 Å². The normalized spacial score (nSPS) is 22.2. The topological polar surface area (TPSA) is 15.7 Å². The molecule has 0 aromatic rings. The molecule has 0 saturated carbocycles. The molecule has 3 nitrogen and oxygen atoms in total. The molecule has 1 aliphatic rings. The molecular weight excluding hydrogens is 188 g/mol. The van der Waals surface area contributed by atoms with Gasteiger partial charge in [0, 0.05) is 20.2 Å². The quantitative estimate of drug-likeness (QED) is 0.686. The van der Waals surface area contributed by atoms with Crippen molar-refractivity contribution in [1.82, 2.24) is 9.80 Å². The minimum Gasteiger partial charge on any atom is -0.383 e. The number of likely N-dealkylation sites (tertiary alicyclic amines) is 1. The molecule has 0 atom stereocenters. The second-order valence-corrected chi connectivity index (χ2v) is 5.34. The highest BCUT2D eigenvalue weighted by Gasteiger charge is 2.29. The van der Waals surface area contributed by atoms with Gasteiger partial charge in [-0.3, -0.25) is 0 Å². The number of piperidine rings is 1. The molecule has 0 amide bonds. The first-order valence-electron chi connectivity index (χ1n) is 5.92. The lowest BCUT2D eigenvalue weighted by atomic mass is 9.80. The molecule has 1 heterocycles. The van der Waals surface area contributed by atoms with E-state index in [0.717, 1.165) is 13.2 Å². The molecule has 0 spiro atoms. The predicted molar refractivity (Wildman–Crippen MR) is 64.2 cm³/mol. The molecular formula is C12H26N2O. The minimum absolute atomic E-state index is 0.509. The summed E-state index contributed by atoms with van der Waals surface area (Å²) in [5.41, 5.74) is 0.509. The van der Waals surface area contributed by atoms with Crippen molar-refractivity contribution >= 4 is 0 Å². The van der Waals surface area contributed by atoms with Crippen LogP contribution in [0.25, 0.3) is 0 Å². The van der Waals surface area contributed by atoms with Crippen LogP contribution in [0.1, 0.15) is 19.8 Å². The standard InChI is InChI=1S/C12H26N2O/c1-12(5-7-13(2)8-6-12)11-14(3)9-10-15-4/h5-11H2,1-4H3. The highest BCUT2D eigenvalue weighted by molar-refractivity contribution is 4.83. The molecule has 1 saturated heterocycles. The van der Waals surface area contributed by atoms with Gasteiger partial charge in [-0.15, -0.1) is 0 Å². The molecule has 1 fully saturated rings. The first kappa shape index (κ1) is 12.9. The van der Waals surface area contributed by atoms with Crippen LogP contribution in [0.15, 0.2) is 0 Å². The molecule has 0 aromatic carbocycles. The molecule has 3 heteroatoms. The maximum Gasteiger partial charge on any atom is 0.0589 e. The van der Waals surface area contributed by atoms with Gasteiger partial charge in [0.25, 0.3) is 0 Å². The van der Waals surface area contributed by atoms with Gasteiger partial charge < -0.3 is 14.5 Å². The molecule has 0 aliphatic carbocycles. The van der Waals surface area contributed by atoms with Gasteiger partial charge >= 0.3 is 0 Å². The predicted octanol–water partition coefficient (Wildman–Crippen LogP) is 1.30. The van der Waals surface area contributed by atoms with E-state index in [2.05, 4.69) is 30.8 Å². The van der Waals surface area contributed by atoms with Crippen molar-refractivity contribution in [3.8, 4) is 0 Å². The Bertz CT molecular complexity index is 176. The SMILES string of the molecule is COCCN(C)CC1(C)CCN(C)CC1. The van der Waals surface area contributed by atoms with Gasteiger partial charge in [0.05, 0.1) is 6.61 Å². The summed E-state index contributed by atoms with van der Waals surface area (Å²) >= 11 is 0. The van der Waals surface area contributed by atoms with E-state index >= 15 is 0 Å². The van der Waals surface area contributed by atoms with Crippen LogP contribution in [0.5, 0.6) is 0 Å². The van der Waals surface area contributed by atoms with Crippen LogP contribution in [0.3, 0.4) is 0 Å². The summed E-state index contributed by atoms with van der Waals surface area (Å²) in [6.45, 7) is 7.99. The minimum atomic E-state index is 0.509. The Balaban J connectivity index is 2.29. The zero-order chi connectivity index (χ0) is 11.3. The summed E-state index contributed by atoms with van der Waals surface area (Å²) in [6, 6.07) is 0. The Morgan fingerprint density at radius 3 is 2.47 bits per heavy atom. The van der Waals surface area contributed by atoms with E-state index in [1.807, 2.05) is 0 Å². The Kier molecular flexibility index (Phi) is 5.03. The first-order chi connectivity index (χ1) is 7.06. The Morgan fingerprint density at radius 1 is 1.33 bits per heavy atom. The van der Waals surface area contributed by atoms with E-state index in [4.69, 9.17) is 4.74 Å². The van der Waals surface area contributed by atoms with E-state index in [9.17, 15) is 0 Å². The molecule has 1 aliphatic heterocycles. The Labute approximate surface area is 94.4 Å². The van der Waals surface area contributed by atoms with Crippen molar-refractivity contribution in [2.45, 2.75) is 19.8 Å². The summed E-state index contributed by atoms with van der Waals surface area (Å²) in [4.78, 5) is 4.83. The largest absolute Gasteiger partial charge is 0.383 e. The number of rotatable bonds is 5. The highest BCUT2D eigenvalue weighted by Crippen LogP contribution is 2.30. The van der Waals surface area contributed by atoms with Gasteiger partial charge in [0.1, 0.15) is 0 Å². The molecule has 0 bridgehead atoms. The number of methoxy groups -OCH3 is 1. The van der Waals surface area contributed by atoms with Gasteiger partial charge in [0.15, 0.2) is 0 Å². The summed E-state index contributed by atoms with van der Waals surface area (Å²) in [6.07, 6.45) is 2.64. The summed E-state index contributed by atoms with van der Waals surface area (Å²) in [5, 5.41) is 0. The van der Waals surface area contributed by atoms with Crippen LogP contribution < -0.4 is 0 Å². The fourth-order valence-corrected chi connectivity index (χ4v) is 2.29. The van der Waals surface area contributed by atoms with Gasteiger partial charge in [0.2, 0.25) is 0 Å². The Morgan fingerprint density at radius 2 is 1.93 bits per heavy atom. The van der Waals surface area contributed by atoms with E-state index in [-0.39, 0.29) is 0 Å². The second kappa shape index (κ2) is 5.83.